The van der Waals surface area contributed by atoms with Crippen molar-refractivity contribution in [3.8, 4) is 0 Å². The van der Waals surface area contributed by atoms with Crippen molar-refractivity contribution in [1.29, 1.82) is 0 Å². The predicted octanol–water partition coefficient (Wildman–Crippen LogP) is 2.32. The zero-order valence-electron chi connectivity index (χ0n) is 15.3. The normalized spacial score (nSPS) is 32.3. The van der Waals surface area contributed by atoms with E-state index in [1.165, 1.54) is 25.9 Å². The highest BCUT2D eigenvalue weighted by Gasteiger charge is 2.49. The first-order valence-corrected chi connectivity index (χ1v) is 11.2. The highest BCUT2D eigenvalue weighted by atomic mass is 32.2. The fourth-order valence-corrected chi connectivity index (χ4v) is 7.13. The lowest BCUT2D eigenvalue weighted by atomic mass is 9.93. The average Bonchev–Trinajstić information content (AvgIpc) is 3.19. The molecule has 0 radical (unpaired) electrons. The van der Waals surface area contributed by atoms with E-state index < -0.39 is 10.0 Å². The monoisotopic (exact) mass is 366 g/mol. The van der Waals surface area contributed by atoms with Crippen LogP contribution in [0.4, 0.5) is 0 Å². The van der Waals surface area contributed by atoms with Gasteiger partial charge in [0.2, 0.25) is 0 Å². The van der Waals surface area contributed by atoms with E-state index in [0.717, 1.165) is 31.6 Å². The van der Waals surface area contributed by atoms with Crippen LogP contribution in [-0.2, 0) is 16.6 Å². The Bertz CT molecular complexity index is 694. The Morgan fingerprint density at radius 3 is 2.32 bits per heavy atom. The van der Waals surface area contributed by atoms with E-state index in [0.29, 0.717) is 17.6 Å². The number of hydrogen-bond donors (Lipinski definition) is 0. The fourth-order valence-electron chi connectivity index (χ4n) is 5.07. The topological polar surface area (TPSA) is 58.4 Å². The number of aromatic nitrogens is 2. The molecule has 2 bridgehead atoms. The van der Waals surface area contributed by atoms with Crippen LogP contribution in [0.1, 0.15) is 52.4 Å². The molecule has 3 atom stereocenters. The molecule has 0 N–H and O–H groups in total. The van der Waals surface area contributed by atoms with E-state index in [1.807, 2.05) is 11.2 Å². The van der Waals surface area contributed by atoms with Gasteiger partial charge in [0, 0.05) is 24.7 Å². The Morgan fingerprint density at radius 2 is 1.72 bits per heavy atom. The van der Waals surface area contributed by atoms with Crippen LogP contribution in [-0.4, -0.2) is 58.6 Å². The molecular weight excluding hydrogens is 336 g/mol. The number of aryl methyl sites for hydroxylation is 1. The van der Waals surface area contributed by atoms with Crippen LogP contribution in [0.2, 0.25) is 0 Å². The van der Waals surface area contributed by atoms with Gasteiger partial charge in [-0.3, -0.25) is 4.68 Å². The van der Waals surface area contributed by atoms with Gasteiger partial charge in [0.25, 0.3) is 10.0 Å². The number of fused-ring (bicyclic) bond motifs is 2. The molecule has 1 unspecified atom stereocenters. The molecule has 0 spiro atoms. The summed E-state index contributed by atoms with van der Waals surface area (Å²) in [5.74, 6) is 0.836. The maximum Gasteiger partial charge on any atom is 0.260 e. The van der Waals surface area contributed by atoms with Gasteiger partial charge in [-0.15, -0.1) is 0 Å². The molecule has 7 heteroatoms. The lowest BCUT2D eigenvalue weighted by Crippen LogP contribution is -2.53. The molecule has 0 aromatic carbocycles. The number of sulfonamides is 1. The van der Waals surface area contributed by atoms with Crippen molar-refractivity contribution in [3.05, 3.63) is 12.3 Å². The lowest BCUT2D eigenvalue weighted by Gasteiger charge is -2.44. The Kier molecular flexibility index (Phi) is 4.67. The van der Waals surface area contributed by atoms with E-state index in [9.17, 15) is 8.42 Å². The summed E-state index contributed by atoms with van der Waals surface area (Å²) in [5, 5.41) is 4.52. The quantitative estimate of drug-likeness (QED) is 0.821. The highest BCUT2D eigenvalue weighted by molar-refractivity contribution is 7.89. The predicted molar refractivity (Wildman–Crippen MR) is 96.7 cm³/mol. The largest absolute Gasteiger partial charge is 0.300 e. The SMILES string of the molecule is CCn1nccc1S(=O)(=O)N1[C@@H]2CC[C@H]1CC(N1CCC(C)CC1)C2. The van der Waals surface area contributed by atoms with Gasteiger partial charge >= 0.3 is 0 Å². The van der Waals surface area contributed by atoms with Gasteiger partial charge in [-0.25, -0.2) is 8.42 Å². The molecule has 0 amide bonds. The van der Waals surface area contributed by atoms with Gasteiger partial charge in [0.1, 0.15) is 0 Å². The molecule has 1 aromatic rings. The third-order valence-electron chi connectivity index (χ3n) is 6.49. The van der Waals surface area contributed by atoms with Crippen LogP contribution in [0, 0.1) is 5.92 Å². The molecule has 25 heavy (non-hydrogen) atoms. The van der Waals surface area contributed by atoms with E-state index >= 15 is 0 Å². The summed E-state index contributed by atoms with van der Waals surface area (Å²) in [4.78, 5) is 2.63. The average molecular weight is 367 g/mol. The lowest BCUT2D eigenvalue weighted by molar-refractivity contribution is 0.0757. The van der Waals surface area contributed by atoms with Crippen molar-refractivity contribution in [1.82, 2.24) is 19.0 Å². The molecule has 4 heterocycles. The third kappa shape index (κ3) is 3.04. The fraction of sp³-hybridized carbons (Fsp3) is 0.833. The van der Waals surface area contributed by atoms with Crippen LogP contribution in [0.25, 0.3) is 0 Å². The third-order valence-corrected chi connectivity index (χ3v) is 8.52. The Morgan fingerprint density at radius 1 is 1.08 bits per heavy atom. The number of hydrogen-bond acceptors (Lipinski definition) is 4. The second-order valence-electron chi connectivity index (χ2n) is 8.05. The molecule has 3 aliphatic heterocycles. The van der Waals surface area contributed by atoms with Crippen LogP contribution in [0.5, 0.6) is 0 Å². The summed E-state index contributed by atoms with van der Waals surface area (Å²) < 4.78 is 30.0. The minimum atomic E-state index is -3.44. The Labute approximate surface area is 151 Å². The van der Waals surface area contributed by atoms with Crippen molar-refractivity contribution in [3.63, 3.8) is 0 Å². The van der Waals surface area contributed by atoms with Gasteiger partial charge in [-0.1, -0.05) is 6.92 Å². The molecule has 140 valence electrons. The zero-order chi connectivity index (χ0) is 17.6. The molecule has 3 fully saturated rings. The maximum atomic E-state index is 13.3. The van der Waals surface area contributed by atoms with Gasteiger partial charge in [-0.05, 0) is 70.5 Å². The highest BCUT2D eigenvalue weighted by Crippen LogP contribution is 2.41. The minimum absolute atomic E-state index is 0.160. The van der Waals surface area contributed by atoms with Crippen LogP contribution in [0.3, 0.4) is 0 Å². The molecule has 0 aliphatic carbocycles. The molecule has 3 aliphatic rings. The Balaban J connectivity index is 1.53. The number of nitrogens with zero attached hydrogens (tertiary/aromatic N) is 4. The summed E-state index contributed by atoms with van der Waals surface area (Å²) >= 11 is 0. The first-order valence-electron chi connectivity index (χ1n) is 9.80. The molecule has 0 saturated carbocycles. The van der Waals surface area contributed by atoms with Crippen molar-refractivity contribution in [2.75, 3.05) is 13.1 Å². The van der Waals surface area contributed by atoms with Crippen molar-refractivity contribution in [2.24, 2.45) is 5.92 Å². The van der Waals surface area contributed by atoms with Gasteiger partial charge in [0.15, 0.2) is 5.03 Å². The first kappa shape index (κ1) is 17.5. The van der Waals surface area contributed by atoms with E-state index in [2.05, 4.69) is 16.9 Å². The van der Waals surface area contributed by atoms with Crippen LogP contribution in [0.15, 0.2) is 17.3 Å². The molecule has 6 nitrogen and oxygen atoms in total. The smallest absolute Gasteiger partial charge is 0.260 e. The standard InChI is InChI=1S/C18H30N4O2S/c1-3-21-18(6-9-19-21)25(23,24)22-15-4-5-16(22)13-17(12-15)20-10-7-14(2)8-11-20/h6,9,14-17H,3-5,7-8,10-13H2,1-2H3/t15-,16+,17?. The van der Waals surface area contributed by atoms with Gasteiger partial charge in [0.05, 0.1) is 6.20 Å². The zero-order valence-corrected chi connectivity index (χ0v) is 16.2. The summed E-state index contributed by atoms with van der Waals surface area (Å²) in [6.07, 6.45) is 8.15. The van der Waals surface area contributed by atoms with E-state index in [4.69, 9.17) is 0 Å². The van der Waals surface area contributed by atoms with Gasteiger partial charge in [-0.2, -0.15) is 9.40 Å². The second-order valence-corrected chi connectivity index (χ2v) is 9.84. The molecule has 1 aromatic heterocycles. The Hall–Kier alpha value is -0.920. The van der Waals surface area contributed by atoms with Crippen LogP contribution >= 0.6 is 0 Å². The minimum Gasteiger partial charge on any atom is -0.300 e. The summed E-state index contributed by atoms with van der Waals surface area (Å²) in [6, 6.07) is 2.53. The summed E-state index contributed by atoms with van der Waals surface area (Å²) in [6.45, 7) is 7.22. The van der Waals surface area contributed by atoms with E-state index in [1.54, 1.807) is 16.9 Å². The summed E-state index contributed by atoms with van der Waals surface area (Å²) in [7, 11) is -3.44. The van der Waals surface area contributed by atoms with Crippen molar-refractivity contribution >= 4 is 10.0 Å². The number of likely N-dealkylation sites (tertiary alicyclic amines) is 1. The number of piperidine rings is 2. The van der Waals surface area contributed by atoms with Crippen LogP contribution < -0.4 is 0 Å². The molecular formula is C18H30N4O2S. The van der Waals surface area contributed by atoms with Crippen molar-refractivity contribution in [2.45, 2.75) is 82.1 Å². The van der Waals surface area contributed by atoms with Gasteiger partial charge < -0.3 is 4.90 Å². The second kappa shape index (κ2) is 6.67. The maximum absolute atomic E-state index is 13.3. The van der Waals surface area contributed by atoms with Crippen molar-refractivity contribution < 1.29 is 8.42 Å². The number of rotatable bonds is 4. The van der Waals surface area contributed by atoms with E-state index in [-0.39, 0.29) is 12.1 Å². The molecule has 3 saturated heterocycles. The first-order chi connectivity index (χ1) is 12.0. The summed E-state index contributed by atoms with van der Waals surface area (Å²) in [5.41, 5.74) is 0. The molecule has 4 rings (SSSR count).